The van der Waals surface area contributed by atoms with Crippen LogP contribution >= 0.6 is 0 Å². The number of ether oxygens (including phenoxy) is 1. The molecule has 2 N–H and O–H groups in total. The number of hydrogen-bond donors (Lipinski definition) is 2. The highest BCUT2D eigenvalue weighted by Crippen LogP contribution is 2.12. The molecule has 0 unspecified atom stereocenters. The number of aromatic nitrogens is 3. The van der Waals surface area contributed by atoms with Crippen LogP contribution in [0.3, 0.4) is 0 Å². The first-order valence-corrected chi connectivity index (χ1v) is 7.04. The Morgan fingerprint density at radius 1 is 1.05 bits per heavy atom. The second-order valence-corrected chi connectivity index (χ2v) is 4.63. The van der Waals surface area contributed by atoms with Crippen molar-refractivity contribution in [1.82, 2.24) is 24.9 Å². The number of piperazine rings is 1. The van der Waals surface area contributed by atoms with Gasteiger partial charge in [0, 0.05) is 32.7 Å². The van der Waals surface area contributed by atoms with Crippen molar-refractivity contribution in [1.29, 1.82) is 0 Å². The molecule has 1 aliphatic heterocycles. The van der Waals surface area contributed by atoms with Crippen LogP contribution in [0.1, 0.15) is 13.8 Å². The van der Waals surface area contributed by atoms with Crippen LogP contribution in [0.2, 0.25) is 0 Å². The molecule has 0 atom stereocenters. The normalized spacial score (nSPS) is 16.9. The molecule has 1 fully saturated rings. The van der Waals surface area contributed by atoms with E-state index in [2.05, 4.69) is 42.7 Å². The third kappa shape index (κ3) is 4.17. The fourth-order valence-corrected chi connectivity index (χ4v) is 1.90. The zero-order chi connectivity index (χ0) is 14.4. The molecule has 1 saturated heterocycles. The van der Waals surface area contributed by atoms with E-state index in [9.17, 15) is 0 Å². The molecule has 0 saturated carbocycles. The predicted molar refractivity (Wildman–Crippen MR) is 77.9 cm³/mol. The topological polar surface area (TPSA) is 78.4 Å². The van der Waals surface area contributed by atoms with Gasteiger partial charge in [-0.15, -0.1) is 0 Å². The van der Waals surface area contributed by atoms with Gasteiger partial charge in [-0.05, 0) is 20.9 Å². The first kappa shape index (κ1) is 14.7. The van der Waals surface area contributed by atoms with Crippen LogP contribution in [-0.2, 0) is 0 Å². The Morgan fingerprint density at radius 3 is 2.40 bits per heavy atom. The maximum atomic E-state index is 5.37. The van der Waals surface area contributed by atoms with Crippen molar-refractivity contribution in [3.8, 4) is 6.01 Å². The van der Waals surface area contributed by atoms with Gasteiger partial charge >= 0.3 is 6.01 Å². The van der Waals surface area contributed by atoms with Gasteiger partial charge in [0.15, 0.2) is 0 Å². The van der Waals surface area contributed by atoms with Gasteiger partial charge in [0.25, 0.3) is 0 Å². The van der Waals surface area contributed by atoms with Gasteiger partial charge in [0.1, 0.15) is 0 Å². The summed E-state index contributed by atoms with van der Waals surface area (Å²) < 4.78 is 5.37. The summed E-state index contributed by atoms with van der Waals surface area (Å²) in [6.45, 7) is 9.10. The summed E-state index contributed by atoms with van der Waals surface area (Å²) in [5, 5.41) is 5.19. The largest absolute Gasteiger partial charge is 0.464 e. The number of likely N-dealkylation sites (N-methyl/N-ethyl adjacent to an activating group) is 1. The van der Waals surface area contributed by atoms with E-state index in [0.717, 1.165) is 32.7 Å². The molecule has 0 amide bonds. The van der Waals surface area contributed by atoms with Crippen LogP contribution in [0, 0.1) is 0 Å². The summed E-state index contributed by atoms with van der Waals surface area (Å²) in [5.74, 6) is 1.05. The van der Waals surface area contributed by atoms with Crippen molar-refractivity contribution in [3.63, 3.8) is 0 Å². The lowest BCUT2D eigenvalue weighted by Crippen LogP contribution is -2.47. The number of nitrogens with zero attached hydrogens (tertiary/aromatic N) is 5. The average Bonchev–Trinajstić information content (AvgIpc) is 2.42. The molecule has 8 heteroatoms. The highest BCUT2D eigenvalue weighted by molar-refractivity contribution is 5.35. The minimum atomic E-state index is 0.343. The minimum absolute atomic E-state index is 0.343. The van der Waals surface area contributed by atoms with Gasteiger partial charge in [0.05, 0.1) is 6.61 Å². The van der Waals surface area contributed by atoms with Crippen molar-refractivity contribution in [2.24, 2.45) is 0 Å². The van der Waals surface area contributed by atoms with E-state index >= 15 is 0 Å². The molecule has 8 nitrogen and oxygen atoms in total. The molecule has 1 aliphatic rings. The van der Waals surface area contributed by atoms with Crippen LogP contribution < -0.4 is 15.5 Å². The number of rotatable bonds is 6. The Labute approximate surface area is 119 Å². The summed E-state index contributed by atoms with van der Waals surface area (Å²) in [6.07, 6.45) is 0. The average molecular weight is 281 g/mol. The van der Waals surface area contributed by atoms with Gasteiger partial charge in [-0.1, -0.05) is 0 Å². The summed E-state index contributed by atoms with van der Waals surface area (Å²) in [5.41, 5.74) is 3.22. The van der Waals surface area contributed by atoms with Crippen molar-refractivity contribution in [2.45, 2.75) is 13.8 Å². The first-order valence-electron chi connectivity index (χ1n) is 7.04. The maximum absolute atomic E-state index is 5.37. The third-order valence-corrected chi connectivity index (χ3v) is 2.98. The smallest absolute Gasteiger partial charge is 0.323 e. The zero-order valence-electron chi connectivity index (χ0n) is 12.4. The number of anilines is 2. The fraction of sp³-hybridized carbons (Fsp3) is 0.750. The molecule has 0 aliphatic carbocycles. The lowest BCUT2D eigenvalue weighted by atomic mass is 10.4. The van der Waals surface area contributed by atoms with Gasteiger partial charge in [-0.2, -0.15) is 15.0 Å². The van der Waals surface area contributed by atoms with Gasteiger partial charge < -0.3 is 15.0 Å². The monoisotopic (exact) mass is 281 g/mol. The van der Waals surface area contributed by atoms with E-state index in [4.69, 9.17) is 4.74 Å². The molecule has 0 bridgehead atoms. The second kappa shape index (κ2) is 7.20. The van der Waals surface area contributed by atoms with E-state index < -0.39 is 0 Å². The van der Waals surface area contributed by atoms with Crippen molar-refractivity contribution in [2.75, 3.05) is 57.1 Å². The quantitative estimate of drug-likeness (QED) is 0.769. The molecule has 0 radical (unpaired) electrons. The third-order valence-electron chi connectivity index (χ3n) is 2.98. The van der Waals surface area contributed by atoms with Gasteiger partial charge in [0.2, 0.25) is 11.9 Å². The van der Waals surface area contributed by atoms with Crippen LogP contribution in [0.5, 0.6) is 6.01 Å². The van der Waals surface area contributed by atoms with E-state index in [-0.39, 0.29) is 0 Å². The summed E-state index contributed by atoms with van der Waals surface area (Å²) >= 11 is 0. The van der Waals surface area contributed by atoms with Gasteiger partial charge in [-0.25, -0.2) is 5.01 Å². The minimum Gasteiger partial charge on any atom is -0.464 e. The Balaban J connectivity index is 2.05. The van der Waals surface area contributed by atoms with E-state index in [1.165, 1.54) is 0 Å². The summed E-state index contributed by atoms with van der Waals surface area (Å²) in [6, 6.07) is 0.343. The molecule has 20 heavy (non-hydrogen) atoms. The van der Waals surface area contributed by atoms with Crippen LogP contribution in [0.4, 0.5) is 11.9 Å². The van der Waals surface area contributed by atoms with Crippen LogP contribution in [-0.4, -0.2) is 71.2 Å². The summed E-state index contributed by atoms with van der Waals surface area (Å²) in [7, 11) is 2.12. The molecule has 0 spiro atoms. The Bertz CT molecular complexity index is 396. The molecule has 2 heterocycles. The van der Waals surface area contributed by atoms with Crippen molar-refractivity contribution in [3.05, 3.63) is 0 Å². The first-order chi connectivity index (χ1) is 9.71. The second-order valence-electron chi connectivity index (χ2n) is 4.63. The Kier molecular flexibility index (Phi) is 5.31. The highest BCUT2D eigenvalue weighted by Gasteiger charge is 2.15. The van der Waals surface area contributed by atoms with Gasteiger partial charge in [-0.3, -0.25) is 5.43 Å². The molecule has 2 rings (SSSR count). The van der Waals surface area contributed by atoms with E-state index in [0.29, 0.717) is 24.5 Å². The van der Waals surface area contributed by atoms with Crippen molar-refractivity contribution < 1.29 is 4.74 Å². The predicted octanol–water partition coefficient (Wildman–Crippen LogP) is 0.276. The van der Waals surface area contributed by atoms with Crippen LogP contribution in [0.25, 0.3) is 0 Å². The highest BCUT2D eigenvalue weighted by atomic mass is 16.5. The SMILES string of the molecule is CCNc1nc(NN2CCN(C)CC2)nc(OCC)n1. The van der Waals surface area contributed by atoms with E-state index in [1.807, 2.05) is 13.8 Å². The molecular weight excluding hydrogens is 258 g/mol. The fourth-order valence-electron chi connectivity index (χ4n) is 1.90. The Morgan fingerprint density at radius 2 is 1.75 bits per heavy atom. The zero-order valence-corrected chi connectivity index (χ0v) is 12.4. The molecule has 1 aromatic rings. The molecule has 112 valence electrons. The standard InChI is InChI=1S/C12H23N7O/c1-4-13-10-14-11(16-12(15-10)20-5-2)17-19-8-6-18(3)7-9-19/h4-9H2,1-3H3,(H2,13,14,15,16,17). The summed E-state index contributed by atoms with van der Waals surface area (Å²) in [4.78, 5) is 15.1. The molecule has 0 aromatic carbocycles. The van der Waals surface area contributed by atoms with Crippen molar-refractivity contribution >= 4 is 11.9 Å². The number of hydrazine groups is 1. The molecule has 1 aromatic heterocycles. The number of nitrogens with one attached hydrogen (secondary N) is 2. The van der Waals surface area contributed by atoms with Crippen LogP contribution in [0.15, 0.2) is 0 Å². The Hall–Kier alpha value is -1.67. The lowest BCUT2D eigenvalue weighted by molar-refractivity contribution is 0.177. The van der Waals surface area contributed by atoms with E-state index in [1.54, 1.807) is 0 Å². The maximum Gasteiger partial charge on any atom is 0.323 e. The lowest BCUT2D eigenvalue weighted by Gasteiger charge is -2.32. The molecular formula is C12H23N7O. The number of hydrogen-bond acceptors (Lipinski definition) is 8.